The van der Waals surface area contributed by atoms with Crippen LogP contribution < -0.4 is 4.90 Å². The average Bonchev–Trinajstić information content (AvgIpc) is 3.45. The van der Waals surface area contributed by atoms with Gasteiger partial charge in [0.2, 0.25) is 0 Å². The number of hydrogen-bond donors (Lipinski definition) is 0. The van der Waals surface area contributed by atoms with E-state index in [-0.39, 0.29) is 29.8 Å². The highest BCUT2D eigenvalue weighted by molar-refractivity contribution is 6.39. The second kappa shape index (κ2) is 9.82. The first-order chi connectivity index (χ1) is 19.4. The van der Waals surface area contributed by atoms with Crippen molar-refractivity contribution in [2.45, 2.75) is 62.6 Å². The fraction of sp³-hybridized carbons (Fsp3) is 0.379. The summed E-state index contributed by atoms with van der Waals surface area (Å²) < 4.78 is 22.0. The molecule has 3 atom stereocenters. The number of methoxy groups -OCH3 is 1. The summed E-state index contributed by atoms with van der Waals surface area (Å²) in [5.41, 5.74) is 2.80. The van der Waals surface area contributed by atoms with Crippen molar-refractivity contribution in [2.24, 2.45) is 0 Å². The van der Waals surface area contributed by atoms with Crippen LogP contribution in [0, 0.1) is 0 Å². The van der Waals surface area contributed by atoms with Crippen LogP contribution in [0.25, 0.3) is 22.2 Å². The second-order valence-corrected chi connectivity index (χ2v) is 11.4. The summed E-state index contributed by atoms with van der Waals surface area (Å²) in [6.45, 7) is 0. The minimum atomic E-state index is -0.535. The van der Waals surface area contributed by atoms with E-state index in [0.717, 1.165) is 31.4 Å². The number of carbonyl (C=O) groups is 2. The monoisotopic (exact) mass is 581 g/mol. The zero-order valence-electron chi connectivity index (χ0n) is 21.6. The number of hydrogen-bond acceptors (Lipinski definition) is 9. The molecule has 0 unspecified atom stereocenters. The zero-order chi connectivity index (χ0) is 27.5. The molecule has 4 aromatic rings. The number of ether oxygens (including phenoxy) is 2. The topological polar surface area (TPSA) is 108 Å². The van der Waals surface area contributed by atoms with Gasteiger partial charge in [-0.05, 0) is 49.9 Å². The van der Waals surface area contributed by atoms with Gasteiger partial charge in [-0.1, -0.05) is 39.6 Å². The summed E-state index contributed by atoms with van der Waals surface area (Å²) in [5.74, 6) is -0.297. The molecule has 2 aromatic heterocycles. The summed E-state index contributed by atoms with van der Waals surface area (Å²) >= 11 is 12.9. The Morgan fingerprint density at radius 3 is 2.35 bits per heavy atom. The number of anilines is 1. The molecular weight excluding hydrogens is 557 g/mol. The lowest BCUT2D eigenvalue weighted by Gasteiger charge is -2.40. The number of nitrogens with zero attached hydrogens (tertiary/aromatic N) is 3. The van der Waals surface area contributed by atoms with Crippen LogP contribution in [-0.2, 0) is 9.47 Å². The van der Waals surface area contributed by atoms with Crippen LogP contribution >= 0.6 is 23.2 Å². The van der Waals surface area contributed by atoms with Gasteiger partial charge in [-0.3, -0.25) is 0 Å². The predicted molar refractivity (Wildman–Crippen MR) is 147 cm³/mol. The smallest absolute Gasteiger partial charge is 0.360 e. The highest BCUT2D eigenvalue weighted by Crippen LogP contribution is 2.47. The number of esters is 2. The van der Waals surface area contributed by atoms with E-state index in [9.17, 15) is 9.59 Å². The number of benzene rings is 2. The first kappa shape index (κ1) is 25.4. The van der Waals surface area contributed by atoms with Gasteiger partial charge in [-0.25, -0.2) is 9.59 Å². The van der Waals surface area contributed by atoms with E-state index in [0.29, 0.717) is 56.4 Å². The second-order valence-electron chi connectivity index (χ2n) is 10.6. The molecule has 2 aromatic carbocycles. The molecule has 2 bridgehead atoms. The van der Waals surface area contributed by atoms with Gasteiger partial charge in [-0.15, -0.1) is 0 Å². The summed E-state index contributed by atoms with van der Waals surface area (Å²) in [7, 11) is 1.31. The lowest BCUT2D eigenvalue weighted by atomic mass is 9.98. The van der Waals surface area contributed by atoms with Crippen LogP contribution in [0.15, 0.2) is 45.4 Å². The Hall–Kier alpha value is -3.56. The Balaban J connectivity index is 1.12. The third-order valence-corrected chi connectivity index (χ3v) is 8.80. The molecule has 3 fully saturated rings. The van der Waals surface area contributed by atoms with Gasteiger partial charge in [0, 0.05) is 48.2 Å². The van der Waals surface area contributed by atoms with Crippen LogP contribution in [0.5, 0.6) is 0 Å². The molecule has 1 aliphatic carbocycles. The lowest BCUT2D eigenvalue weighted by molar-refractivity contribution is 0.0202. The van der Waals surface area contributed by atoms with E-state index in [2.05, 4.69) is 15.2 Å². The third-order valence-electron chi connectivity index (χ3n) is 8.17. The third kappa shape index (κ3) is 4.23. The van der Waals surface area contributed by atoms with E-state index < -0.39 is 11.9 Å². The molecular formula is C29H25Cl2N3O6. The fourth-order valence-corrected chi connectivity index (χ4v) is 6.78. The number of carbonyl (C=O) groups excluding carboxylic acids is 2. The Labute approximate surface area is 239 Å². The molecule has 7 rings (SSSR count). The fourth-order valence-electron chi connectivity index (χ4n) is 6.20. The maximum Gasteiger partial charge on any atom is 0.360 e. The highest BCUT2D eigenvalue weighted by atomic mass is 35.5. The van der Waals surface area contributed by atoms with E-state index in [1.165, 1.54) is 7.11 Å². The van der Waals surface area contributed by atoms with Gasteiger partial charge < -0.3 is 23.4 Å². The van der Waals surface area contributed by atoms with Crippen LogP contribution in [0.1, 0.15) is 71.0 Å². The van der Waals surface area contributed by atoms with Crippen molar-refractivity contribution in [3.8, 4) is 11.3 Å². The quantitative estimate of drug-likeness (QED) is 0.227. The average molecular weight is 582 g/mol. The van der Waals surface area contributed by atoms with E-state index in [4.69, 9.17) is 41.7 Å². The molecule has 0 radical (unpaired) electrons. The first-order valence-electron chi connectivity index (χ1n) is 13.3. The normalized spacial score (nSPS) is 22.1. The minimum absolute atomic E-state index is 0.147. The van der Waals surface area contributed by atoms with E-state index in [1.54, 1.807) is 18.2 Å². The van der Waals surface area contributed by atoms with Crippen molar-refractivity contribution in [1.82, 2.24) is 10.3 Å². The van der Waals surface area contributed by atoms with Crippen LogP contribution in [0.4, 0.5) is 5.69 Å². The molecule has 2 aliphatic heterocycles. The van der Waals surface area contributed by atoms with Gasteiger partial charge in [0.25, 0.3) is 0 Å². The Kier molecular flexibility index (Phi) is 6.24. The predicted octanol–water partition coefficient (Wildman–Crippen LogP) is 6.81. The summed E-state index contributed by atoms with van der Waals surface area (Å²) in [4.78, 5) is 28.0. The van der Waals surface area contributed by atoms with Crippen LogP contribution in [0.2, 0.25) is 10.0 Å². The Morgan fingerprint density at radius 1 is 0.950 bits per heavy atom. The number of rotatable bonds is 6. The summed E-state index contributed by atoms with van der Waals surface area (Å²) in [5, 5.41) is 9.51. The van der Waals surface area contributed by atoms with Gasteiger partial charge in [0.15, 0.2) is 17.0 Å². The number of piperidine rings is 1. The van der Waals surface area contributed by atoms with Crippen molar-refractivity contribution in [3.05, 3.63) is 63.5 Å². The van der Waals surface area contributed by atoms with Gasteiger partial charge >= 0.3 is 11.9 Å². The molecule has 0 N–H and O–H groups in total. The van der Waals surface area contributed by atoms with Crippen LogP contribution in [-0.4, -0.2) is 47.5 Å². The molecule has 0 amide bonds. The first-order valence-corrected chi connectivity index (χ1v) is 14.1. The lowest BCUT2D eigenvalue weighted by Crippen LogP contribution is -2.46. The molecule has 40 heavy (non-hydrogen) atoms. The number of halogens is 2. The molecule has 2 saturated heterocycles. The van der Waals surface area contributed by atoms with Crippen molar-refractivity contribution in [2.75, 3.05) is 12.0 Å². The largest absolute Gasteiger partial charge is 0.464 e. The van der Waals surface area contributed by atoms with Gasteiger partial charge in [0.1, 0.15) is 17.4 Å². The van der Waals surface area contributed by atoms with Gasteiger partial charge in [0.05, 0.1) is 22.5 Å². The highest BCUT2D eigenvalue weighted by Gasteiger charge is 2.44. The van der Waals surface area contributed by atoms with E-state index >= 15 is 0 Å². The van der Waals surface area contributed by atoms with E-state index in [1.807, 2.05) is 18.2 Å². The number of fused-ring (bicyclic) bond motifs is 3. The summed E-state index contributed by atoms with van der Waals surface area (Å²) in [6.07, 6.45) is 4.97. The van der Waals surface area contributed by atoms with Gasteiger partial charge in [-0.2, -0.15) is 0 Å². The maximum absolute atomic E-state index is 13.7. The van der Waals surface area contributed by atoms with Crippen molar-refractivity contribution in [3.63, 3.8) is 0 Å². The molecule has 11 heteroatoms. The Morgan fingerprint density at radius 2 is 1.68 bits per heavy atom. The van der Waals surface area contributed by atoms with Crippen LogP contribution in [0.3, 0.4) is 0 Å². The molecule has 3 aliphatic rings. The zero-order valence-corrected chi connectivity index (χ0v) is 23.1. The van der Waals surface area contributed by atoms with Crippen molar-refractivity contribution >= 4 is 51.8 Å². The van der Waals surface area contributed by atoms with Crippen molar-refractivity contribution < 1.29 is 28.1 Å². The standard InChI is InChI=1S/C29H25Cl2N3O6/c1-37-29(36)25-19-10-9-17(13-22(19)39-32-25)34-15-7-8-16(34)12-18(11-15)38-28(35)24-26(33-40-27(24)14-5-6-14)23-20(30)3-2-4-21(23)31/h2-4,9-10,13-16,18H,5-8,11-12H2,1H3/t15-,16+,18+. The summed E-state index contributed by atoms with van der Waals surface area (Å²) in [6, 6.07) is 11.3. The SMILES string of the molecule is COC(=O)c1noc2cc(N3[C@@H]4CC[C@H]3C[C@@H](OC(=O)c3c(-c5c(Cl)cccc5Cl)noc3C3CC3)C4)ccc12. The molecule has 4 heterocycles. The minimum Gasteiger partial charge on any atom is -0.464 e. The number of aromatic nitrogens is 2. The molecule has 9 nitrogen and oxygen atoms in total. The molecule has 1 saturated carbocycles. The Bertz CT molecular complexity index is 1610. The maximum atomic E-state index is 13.7. The molecule has 206 valence electrons. The molecule has 0 spiro atoms. The van der Waals surface area contributed by atoms with Crippen molar-refractivity contribution in [1.29, 1.82) is 0 Å².